The van der Waals surface area contributed by atoms with Crippen molar-refractivity contribution in [1.82, 2.24) is 0 Å². The van der Waals surface area contributed by atoms with Gasteiger partial charge in [-0.25, -0.2) is 0 Å². The minimum Gasteiger partial charge on any atom is -0.167 e. The fourth-order valence-electron chi connectivity index (χ4n) is 4.38. The van der Waals surface area contributed by atoms with E-state index < -0.39 is 6.18 Å². The van der Waals surface area contributed by atoms with E-state index in [-0.39, 0.29) is 12.8 Å². The second kappa shape index (κ2) is 6.29. The van der Waals surface area contributed by atoms with Crippen LogP contribution in [0.2, 0.25) is 0 Å². The van der Waals surface area contributed by atoms with E-state index in [1.807, 2.05) is 6.08 Å². The van der Waals surface area contributed by atoms with E-state index >= 15 is 0 Å². The van der Waals surface area contributed by atoms with Crippen LogP contribution >= 0.6 is 0 Å². The van der Waals surface area contributed by atoms with Gasteiger partial charge in [0.05, 0.1) is 0 Å². The SMILES string of the molecule is CCCCC1=CC2C(=CC=C2C23C=C(/C=C\C(F)(F)F)C=CC2C3)C=C1.[HH]. The molecule has 0 N–H and O–H groups in total. The molecule has 0 saturated heterocycles. The molecule has 138 valence electrons. The molecule has 3 heteroatoms. The van der Waals surface area contributed by atoms with E-state index in [2.05, 4.69) is 49.5 Å². The summed E-state index contributed by atoms with van der Waals surface area (Å²) in [5.74, 6) is 0.704. The first-order valence-corrected chi connectivity index (χ1v) is 9.39. The van der Waals surface area contributed by atoms with Crippen molar-refractivity contribution in [2.75, 3.05) is 0 Å². The summed E-state index contributed by atoms with van der Waals surface area (Å²) in [6.45, 7) is 2.20. The lowest BCUT2D eigenvalue weighted by Gasteiger charge is -2.26. The molecule has 0 bridgehead atoms. The smallest absolute Gasteiger partial charge is 0.167 e. The highest BCUT2D eigenvalue weighted by Crippen LogP contribution is 2.65. The van der Waals surface area contributed by atoms with Crippen LogP contribution in [0.4, 0.5) is 13.2 Å². The van der Waals surface area contributed by atoms with Crippen molar-refractivity contribution < 1.29 is 14.6 Å². The van der Waals surface area contributed by atoms with Gasteiger partial charge in [-0.3, -0.25) is 0 Å². The number of unbranched alkanes of at least 4 members (excludes halogenated alkanes) is 1. The molecule has 0 aromatic heterocycles. The second-order valence-electron chi connectivity index (χ2n) is 7.67. The largest absolute Gasteiger partial charge is 0.409 e. The Morgan fingerprint density at radius 2 is 2.08 bits per heavy atom. The molecule has 4 aliphatic carbocycles. The van der Waals surface area contributed by atoms with Crippen LogP contribution in [0.15, 0.2) is 83.1 Å². The van der Waals surface area contributed by atoms with Gasteiger partial charge in [-0.1, -0.05) is 73.6 Å². The molecule has 1 saturated carbocycles. The molecule has 3 unspecified atom stereocenters. The first-order valence-electron chi connectivity index (χ1n) is 9.39. The fourth-order valence-corrected chi connectivity index (χ4v) is 4.38. The van der Waals surface area contributed by atoms with Crippen LogP contribution in [-0.2, 0) is 0 Å². The van der Waals surface area contributed by atoms with Gasteiger partial charge in [-0.05, 0) is 41.9 Å². The van der Waals surface area contributed by atoms with Crippen LogP contribution in [0.1, 0.15) is 34.0 Å². The molecule has 0 heterocycles. The van der Waals surface area contributed by atoms with Crippen molar-refractivity contribution in [1.29, 1.82) is 0 Å². The second-order valence-corrected chi connectivity index (χ2v) is 7.67. The number of hydrogen-bond donors (Lipinski definition) is 0. The topological polar surface area (TPSA) is 0 Å². The Kier molecular flexibility index (Phi) is 4.21. The van der Waals surface area contributed by atoms with Gasteiger partial charge in [0.2, 0.25) is 0 Å². The van der Waals surface area contributed by atoms with Crippen molar-refractivity contribution >= 4 is 0 Å². The van der Waals surface area contributed by atoms with Gasteiger partial charge in [0.1, 0.15) is 0 Å². The zero-order chi connectivity index (χ0) is 18.4. The average Bonchev–Trinajstić information content (AvgIpc) is 3.18. The van der Waals surface area contributed by atoms with Gasteiger partial charge < -0.3 is 0 Å². The van der Waals surface area contributed by atoms with E-state index in [0.29, 0.717) is 17.6 Å². The fraction of sp³-hybridized carbons (Fsp3) is 0.391. The summed E-state index contributed by atoms with van der Waals surface area (Å²) in [6.07, 6.45) is 18.8. The highest BCUT2D eigenvalue weighted by molar-refractivity contribution is 5.58. The van der Waals surface area contributed by atoms with E-state index in [1.165, 1.54) is 35.6 Å². The zero-order valence-electron chi connectivity index (χ0n) is 14.9. The monoisotopic (exact) mass is 358 g/mol. The number of fused-ring (bicyclic) bond motifs is 2. The summed E-state index contributed by atoms with van der Waals surface area (Å²) < 4.78 is 37.5. The van der Waals surface area contributed by atoms with Crippen LogP contribution in [0.25, 0.3) is 0 Å². The molecule has 3 atom stereocenters. The maximum atomic E-state index is 12.5. The molecule has 0 aromatic rings. The van der Waals surface area contributed by atoms with Gasteiger partial charge in [0.25, 0.3) is 0 Å². The molecular weight excluding hydrogens is 333 g/mol. The Hall–Kier alpha value is -2.03. The molecule has 0 radical (unpaired) electrons. The summed E-state index contributed by atoms with van der Waals surface area (Å²) in [6, 6.07) is 0. The molecule has 1 fully saturated rings. The van der Waals surface area contributed by atoms with Gasteiger partial charge in [0.15, 0.2) is 0 Å². The third-order valence-corrected chi connectivity index (χ3v) is 5.85. The van der Waals surface area contributed by atoms with E-state index in [0.717, 1.165) is 12.8 Å². The number of alkyl halides is 3. The molecule has 4 rings (SSSR count). The van der Waals surface area contributed by atoms with E-state index in [1.54, 1.807) is 0 Å². The minimum atomic E-state index is -4.27. The maximum absolute atomic E-state index is 12.5. The molecule has 26 heavy (non-hydrogen) atoms. The summed E-state index contributed by atoms with van der Waals surface area (Å²) in [5.41, 5.74) is 4.59. The van der Waals surface area contributed by atoms with Crippen molar-refractivity contribution in [3.8, 4) is 0 Å². The Labute approximate surface area is 154 Å². The summed E-state index contributed by atoms with van der Waals surface area (Å²) in [7, 11) is 0. The van der Waals surface area contributed by atoms with Crippen molar-refractivity contribution in [2.45, 2.75) is 38.8 Å². The Balaban J connectivity index is 0.00000210. The lowest BCUT2D eigenvalue weighted by molar-refractivity contribution is -0.0798. The van der Waals surface area contributed by atoms with Crippen LogP contribution in [0.5, 0.6) is 0 Å². The van der Waals surface area contributed by atoms with Gasteiger partial charge in [-0.2, -0.15) is 13.2 Å². The van der Waals surface area contributed by atoms with Gasteiger partial charge in [0, 0.05) is 18.8 Å². The summed E-state index contributed by atoms with van der Waals surface area (Å²) in [5, 5.41) is 0. The Morgan fingerprint density at radius 3 is 2.85 bits per heavy atom. The highest BCUT2D eigenvalue weighted by Gasteiger charge is 2.56. The molecule has 0 spiro atoms. The quantitative estimate of drug-likeness (QED) is 0.495. The average molecular weight is 358 g/mol. The standard InChI is InChI=1S/C23H23F3.H2/c1-2-3-4-16-5-7-18-8-10-21(20(18)13-16)22-14-17(6-9-19(22)15-22)11-12-23(24,25)26;/h5-14,19-20H,2-4,15H2,1H3;1H/b12-11-;. The number of rotatable bonds is 5. The Morgan fingerprint density at radius 1 is 1.23 bits per heavy atom. The van der Waals surface area contributed by atoms with E-state index in [4.69, 9.17) is 0 Å². The van der Waals surface area contributed by atoms with Gasteiger partial charge >= 0.3 is 6.18 Å². The third kappa shape index (κ3) is 3.20. The van der Waals surface area contributed by atoms with Crippen molar-refractivity contribution in [3.05, 3.63) is 83.1 Å². The predicted octanol–water partition coefficient (Wildman–Crippen LogP) is 7.02. The lowest BCUT2D eigenvalue weighted by atomic mass is 9.77. The lowest BCUT2D eigenvalue weighted by Crippen LogP contribution is -2.15. The normalized spacial score (nSPS) is 32.0. The Bertz CT molecular complexity index is 817. The summed E-state index contributed by atoms with van der Waals surface area (Å²) in [4.78, 5) is 0. The number of halogens is 3. The van der Waals surface area contributed by atoms with Crippen LogP contribution < -0.4 is 0 Å². The zero-order valence-corrected chi connectivity index (χ0v) is 14.9. The van der Waals surface area contributed by atoms with Crippen LogP contribution in [0, 0.1) is 17.3 Å². The molecular formula is C23H25F3. The van der Waals surface area contributed by atoms with Gasteiger partial charge in [-0.15, -0.1) is 0 Å². The van der Waals surface area contributed by atoms with Crippen LogP contribution in [0.3, 0.4) is 0 Å². The predicted molar refractivity (Wildman–Crippen MR) is 101 cm³/mol. The highest BCUT2D eigenvalue weighted by atomic mass is 19.4. The first-order chi connectivity index (χ1) is 12.4. The number of hydrogen-bond acceptors (Lipinski definition) is 0. The molecule has 0 nitrogen and oxygen atoms in total. The number of allylic oxidation sites excluding steroid dienone is 14. The van der Waals surface area contributed by atoms with Crippen LogP contribution in [-0.4, -0.2) is 6.18 Å². The molecule has 0 amide bonds. The first kappa shape index (κ1) is 17.4. The molecule has 0 aromatic carbocycles. The summed E-state index contributed by atoms with van der Waals surface area (Å²) >= 11 is 0. The van der Waals surface area contributed by atoms with E-state index in [9.17, 15) is 13.2 Å². The maximum Gasteiger partial charge on any atom is 0.409 e. The molecule has 0 aliphatic heterocycles. The van der Waals surface area contributed by atoms with Crippen molar-refractivity contribution in [2.24, 2.45) is 17.3 Å². The minimum absolute atomic E-state index is 0. The molecule has 4 aliphatic rings. The third-order valence-electron chi connectivity index (χ3n) is 5.85. The van der Waals surface area contributed by atoms with Crippen molar-refractivity contribution in [3.63, 3.8) is 0 Å².